The number of aldehydes is 1. The van der Waals surface area contributed by atoms with E-state index in [-0.39, 0.29) is 12.0 Å². The van der Waals surface area contributed by atoms with Crippen molar-refractivity contribution < 1.29 is 23.1 Å². The lowest BCUT2D eigenvalue weighted by molar-refractivity contribution is -0.137. The largest absolute Gasteiger partial charge is 0.416 e. The number of nitrogens with zero attached hydrogens (tertiary/aromatic N) is 1. The van der Waals surface area contributed by atoms with Gasteiger partial charge in [0, 0.05) is 37.0 Å². The summed E-state index contributed by atoms with van der Waals surface area (Å²) in [5, 5.41) is 12.9. The van der Waals surface area contributed by atoms with Crippen LogP contribution in [0, 0.1) is 11.8 Å². The lowest BCUT2D eigenvalue weighted by Crippen LogP contribution is -2.32. The zero-order chi connectivity index (χ0) is 23.7. The summed E-state index contributed by atoms with van der Waals surface area (Å²) in [6.07, 6.45) is 2.41. The van der Waals surface area contributed by atoms with Crippen molar-refractivity contribution in [2.45, 2.75) is 64.7 Å². The molecule has 0 atom stereocenters. The van der Waals surface area contributed by atoms with Gasteiger partial charge in [0.2, 0.25) is 0 Å². The average molecular weight is 455 g/mol. The predicted molar refractivity (Wildman–Crippen MR) is 122 cm³/mol. The first-order chi connectivity index (χ1) is 15.2. The molecular formula is C25H37F3N2O2. The van der Waals surface area contributed by atoms with Gasteiger partial charge in [0.25, 0.3) is 0 Å². The summed E-state index contributed by atoms with van der Waals surface area (Å²) >= 11 is 0. The zero-order valence-electron chi connectivity index (χ0n) is 19.4. The second-order valence-electron chi connectivity index (χ2n) is 9.21. The number of nitrogens with one attached hydrogen (secondary N) is 1. The first kappa shape index (κ1) is 26.4. The van der Waals surface area contributed by atoms with Crippen LogP contribution in [0.25, 0.3) is 5.70 Å². The Labute approximate surface area is 189 Å². The minimum Gasteiger partial charge on any atom is -0.393 e. The number of rotatable bonds is 11. The van der Waals surface area contributed by atoms with E-state index in [1.807, 2.05) is 25.8 Å². The number of benzene rings is 1. The fourth-order valence-corrected chi connectivity index (χ4v) is 4.41. The third kappa shape index (κ3) is 7.93. The third-order valence-electron chi connectivity index (χ3n) is 6.16. The third-order valence-corrected chi connectivity index (χ3v) is 6.16. The SMILES string of the molecule is CNCCN(CCC1CCC(O)CC1)/C(=C\C=O)c1cc(C(F)(F)F)ccc1CC(C)C. The van der Waals surface area contributed by atoms with Crippen LogP contribution in [0.15, 0.2) is 24.3 Å². The minimum absolute atomic E-state index is 0.221. The Morgan fingerprint density at radius 2 is 1.91 bits per heavy atom. The molecule has 1 aliphatic carbocycles. The fourth-order valence-electron chi connectivity index (χ4n) is 4.41. The Morgan fingerprint density at radius 3 is 2.47 bits per heavy atom. The minimum atomic E-state index is -4.45. The lowest BCUT2D eigenvalue weighted by Gasteiger charge is -2.32. The fraction of sp³-hybridized carbons (Fsp3) is 0.640. The lowest BCUT2D eigenvalue weighted by atomic mass is 9.85. The Hall–Kier alpha value is -1.86. The number of halogens is 3. The number of carbonyl (C=O) groups is 1. The highest BCUT2D eigenvalue weighted by atomic mass is 19.4. The highest BCUT2D eigenvalue weighted by Gasteiger charge is 2.32. The van der Waals surface area contributed by atoms with Gasteiger partial charge in [-0.05, 0) is 75.1 Å². The molecule has 2 N–H and O–H groups in total. The molecule has 0 amide bonds. The molecule has 7 heteroatoms. The van der Waals surface area contributed by atoms with E-state index in [1.165, 1.54) is 12.1 Å². The molecule has 0 saturated heterocycles. The summed E-state index contributed by atoms with van der Waals surface area (Å²) in [4.78, 5) is 13.6. The van der Waals surface area contributed by atoms with E-state index in [2.05, 4.69) is 5.32 Å². The second kappa shape index (κ2) is 12.4. The van der Waals surface area contributed by atoms with Crippen molar-refractivity contribution in [1.82, 2.24) is 10.2 Å². The first-order valence-electron chi connectivity index (χ1n) is 11.6. The molecule has 0 radical (unpaired) electrons. The molecule has 0 aromatic heterocycles. The van der Waals surface area contributed by atoms with Crippen LogP contribution in [-0.2, 0) is 17.4 Å². The van der Waals surface area contributed by atoms with Gasteiger partial charge in [0.1, 0.15) is 6.29 Å². The number of aliphatic hydroxyl groups is 1. The molecule has 1 aliphatic rings. The number of carbonyl (C=O) groups excluding carboxylic acids is 1. The molecule has 1 aromatic rings. The van der Waals surface area contributed by atoms with Crippen LogP contribution in [0.5, 0.6) is 0 Å². The molecule has 0 aliphatic heterocycles. The molecular weight excluding hydrogens is 417 g/mol. The van der Waals surface area contributed by atoms with Gasteiger partial charge in [-0.3, -0.25) is 4.79 Å². The van der Waals surface area contributed by atoms with Crippen molar-refractivity contribution in [1.29, 1.82) is 0 Å². The molecule has 0 unspecified atom stereocenters. The van der Waals surface area contributed by atoms with Gasteiger partial charge in [-0.25, -0.2) is 0 Å². The number of hydrogen-bond acceptors (Lipinski definition) is 4. The van der Waals surface area contributed by atoms with Crippen LogP contribution >= 0.6 is 0 Å². The van der Waals surface area contributed by atoms with E-state index in [9.17, 15) is 23.1 Å². The van der Waals surface area contributed by atoms with E-state index in [0.717, 1.165) is 43.7 Å². The van der Waals surface area contributed by atoms with Crippen LogP contribution in [0.1, 0.15) is 62.6 Å². The average Bonchev–Trinajstić information content (AvgIpc) is 2.73. The van der Waals surface area contributed by atoms with Crippen molar-refractivity contribution in [3.8, 4) is 0 Å². The maximum Gasteiger partial charge on any atom is 0.416 e. The topological polar surface area (TPSA) is 52.6 Å². The van der Waals surface area contributed by atoms with Crippen LogP contribution in [-0.4, -0.2) is 49.1 Å². The van der Waals surface area contributed by atoms with E-state index >= 15 is 0 Å². The molecule has 180 valence electrons. The summed E-state index contributed by atoms with van der Waals surface area (Å²) in [6.45, 7) is 5.95. The molecule has 32 heavy (non-hydrogen) atoms. The van der Waals surface area contributed by atoms with Crippen molar-refractivity contribution in [2.24, 2.45) is 11.8 Å². The highest BCUT2D eigenvalue weighted by Crippen LogP contribution is 2.35. The number of hydrogen-bond donors (Lipinski definition) is 2. The molecule has 4 nitrogen and oxygen atoms in total. The maximum atomic E-state index is 13.5. The predicted octanol–water partition coefficient (Wildman–Crippen LogP) is 4.91. The van der Waals surface area contributed by atoms with Crippen LogP contribution in [0.4, 0.5) is 13.2 Å². The number of allylic oxidation sites excluding steroid dienone is 1. The monoisotopic (exact) mass is 454 g/mol. The van der Waals surface area contributed by atoms with Gasteiger partial charge in [-0.2, -0.15) is 13.2 Å². The van der Waals surface area contributed by atoms with Crippen molar-refractivity contribution in [2.75, 3.05) is 26.7 Å². The molecule has 0 spiro atoms. The van der Waals surface area contributed by atoms with Crippen molar-refractivity contribution in [3.05, 3.63) is 41.0 Å². The molecule has 1 saturated carbocycles. The summed E-state index contributed by atoms with van der Waals surface area (Å²) < 4.78 is 40.5. The van der Waals surface area contributed by atoms with Gasteiger partial charge in [-0.1, -0.05) is 19.9 Å². The Kier molecular flexibility index (Phi) is 10.2. The van der Waals surface area contributed by atoms with Crippen LogP contribution < -0.4 is 5.32 Å². The van der Waals surface area contributed by atoms with Gasteiger partial charge in [0.15, 0.2) is 0 Å². The quantitative estimate of drug-likeness (QED) is 0.369. The van der Waals surface area contributed by atoms with Crippen LogP contribution in [0.3, 0.4) is 0 Å². The summed E-state index contributed by atoms with van der Waals surface area (Å²) in [5.41, 5.74) is 1.15. The summed E-state index contributed by atoms with van der Waals surface area (Å²) in [5.74, 6) is 0.743. The number of aliphatic hydroxyl groups excluding tert-OH is 1. The highest BCUT2D eigenvalue weighted by molar-refractivity contribution is 5.82. The normalized spacial score (nSPS) is 19.9. The molecule has 1 fully saturated rings. The zero-order valence-corrected chi connectivity index (χ0v) is 19.4. The first-order valence-corrected chi connectivity index (χ1v) is 11.6. The van der Waals surface area contributed by atoms with E-state index < -0.39 is 11.7 Å². The van der Waals surface area contributed by atoms with Gasteiger partial charge in [0.05, 0.1) is 11.7 Å². The second-order valence-corrected chi connectivity index (χ2v) is 9.21. The van der Waals surface area contributed by atoms with E-state index in [1.54, 1.807) is 6.07 Å². The number of likely N-dealkylation sites (N-methyl/N-ethyl adjacent to an activating group) is 1. The summed E-state index contributed by atoms with van der Waals surface area (Å²) in [6, 6.07) is 3.87. The Balaban J connectivity index is 2.39. The Bertz CT molecular complexity index is 754. The molecule has 0 heterocycles. The Morgan fingerprint density at radius 1 is 1.22 bits per heavy atom. The van der Waals surface area contributed by atoms with E-state index in [4.69, 9.17) is 0 Å². The molecule has 1 aromatic carbocycles. The molecule has 0 bridgehead atoms. The van der Waals surface area contributed by atoms with Crippen molar-refractivity contribution >= 4 is 12.0 Å². The molecule has 2 rings (SSSR count). The summed E-state index contributed by atoms with van der Waals surface area (Å²) in [7, 11) is 1.83. The van der Waals surface area contributed by atoms with Crippen LogP contribution in [0.2, 0.25) is 0 Å². The standard InChI is InChI=1S/C25H37F3N2O2/c1-18(2)16-20-6-7-21(25(26,27)28)17-23(20)24(11-15-31)30(14-12-29-3)13-10-19-4-8-22(32)9-5-19/h6-7,11,15,17-19,22,29,32H,4-5,8-10,12-14,16H2,1-3H3/b24-11-. The smallest absolute Gasteiger partial charge is 0.393 e. The van der Waals surface area contributed by atoms with Crippen molar-refractivity contribution in [3.63, 3.8) is 0 Å². The maximum absolute atomic E-state index is 13.5. The van der Waals surface area contributed by atoms with Gasteiger partial charge >= 0.3 is 6.18 Å². The number of alkyl halides is 3. The van der Waals surface area contributed by atoms with Gasteiger partial charge in [-0.15, -0.1) is 0 Å². The van der Waals surface area contributed by atoms with Gasteiger partial charge < -0.3 is 15.3 Å². The van der Waals surface area contributed by atoms with E-state index in [0.29, 0.717) is 49.5 Å².